The molecule has 2 aromatic carbocycles. The molecule has 1 unspecified atom stereocenters. The number of alkyl halides is 3. The highest BCUT2D eigenvalue weighted by Crippen LogP contribution is 2.26. The molecule has 16 heteroatoms. The molecule has 0 aliphatic rings. The summed E-state index contributed by atoms with van der Waals surface area (Å²) in [5, 5.41) is 21.7. The quantitative estimate of drug-likeness (QED) is 0.215. The van der Waals surface area contributed by atoms with E-state index in [0.717, 1.165) is 17.7 Å². The van der Waals surface area contributed by atoms with Gasteiger partial charge in [-0.1, -0.05) is 36.4 Å². The number of pyridine rings is 1. The number of ether oxygens (including phenoxy) is 2. The van der Waals surface area contributed by atoms with Gasteiger partial charge in [-0.05, 0) is 43.2 Å². The number of carboxylic acids is 1. The Labute approximate surface area is 258 Å². The summed E-state index contributed by atoms with van der Waals surface area (Å²) in [7, 11) is 0. The molecule has 2 aromatic heterocycles. The number of aromatic nitrogens is 2. The normalized spacial score (nSPS) is 11.4. The van der Waals surface area contributed by atoms with Gasteiger partial charge in [-0.2, -0.15) is 18.4 Å². The Hall–Kier alpha value is -5.72. The van der Waals surface area contributed by atoms with E-state index in [1.165, 1.54) is 10.5 Å². The minimum Gasteiger partial charge on any atom is -0.485 e. The molecule has 0 fully saturated rings. The van der Waals surface area contributed by atoms with E-state index in [2.05, 4.69) is 15.6 Å². The van der Waals surface area contributed by atoms with Crippen molar-refractivity contribution in [2.24, 2.45) is 0 Å². The van der Waals surface area contributed by atoms with Crippen molar-refractivity contribution in [3.8, 4) is 11.8 Å². The van der Waals surface area contributed by atoms with Gasteiger partial charge in [0.2, 0.25) is 0 Å². The second-order valence-electron chi connectivity index (χ2n) is 9.51. The van der Waals surface area contributed by atoms with Crippen molar-refractivity contribution in [1.29, 1.82) is 5.26 Å². The number of carboxylic acid groups (broad SMARTS) is 1. The van der Waals surface area contributed by atoms with E-state index in [1.807, 2.05) is 24.3 Å². The zero-order valence-corrected chi connectivity index (χ0v) is 24.2. The Morgan fingerprint density at radius 2 is 1.67 bits per heavy atom. The summed E-state index contributed by atoms with van der Waals surface area (Å²) in [6.07, 6.45) is -4.16. The third kappa shape index (κ3) is 9.39. The summed E-state index contributed by atoms with van der Waals surface area (Å²) in [5.74, 6) is -4.62. The number of benzene rings is 2. The third-order valence-electron chi connectivity index (χ3n) is 6.01. The fraction of sp³-hybridized carbons (Fsp3) is 0.233. The van der Waals surface area contributed by atoms with Crippen LogP contribution in [0.15, 0.2) is 60.8 Å². The van der Waals surface area contributed by atoms with Crippen molar-refractivity contribution in [2.45, 2.75) is 39.3 Å². The van der Waals surface area contributed by atoms with Gasteiger partial charge >= 0.3 is 18.2 Å². The van der Waals surface area contributed by atoms with E-state index in [-0.39, 0.29) is 42.4 Å². The molecule has 242 valence electrons. The molecule has 0 saturated heterocycles. The fourth-order valence-corrected chi connectivity index (χ4v) is 3.87. The summed E-state index contributed by atoms with van der Waals surface area (Å²) < 4.78 is 72.2. The molecule has 2 heterocycles. The summed E-state index contributed by atoms with van der Waals surface area (Å²) in [6.45, 7) is 2.86. The Balaban J connectivity index is 0.000000738. The van der Waals surface area contributed by atoms with Crippen LogP contribution < -0.4 is 15.4 Å². The van der Waals surface area contributed by atoms with Crippen LogP contribution in [-0.4, -0.2) is 51.2 Å². The van der Waals surface area contributed by atoms with Gasteiger partial charge in [-0.15, -0.1) is 0 Å². The largest absolute Gasteiger partial charge is 0.490 e. The lowest BCUT2D eigenvalue weighted by atomic mass is 10.2. The SMILES string of the molecule is Cc1cc(OCc2c(F)cccc2F)c2nc(C)c(C(=O)NC(C#N)CNC(=O)OCc3ccccc3)n2c1.O=C(O)C(F)(F)F. The smallest absolute Gasteiger partial charge is 0.485 e. The molecular formula is C30H26F5N5O6. The Morgan fingerprint density at radius 1 is 1.04 bits per heavy atom. The Bertz CT molecular complexity index is 1730. The molecule has 11 nitrogen and oxygen atoms in total. The zero-order valence-electron chi connectivity index (χ0n) is 24.2. The second kappa shape index (κ2) is 15.3. The van der Waals surface area contributed by atoms with Crippen LogP contribution in [0.4, 0.5) is 26.7 Å². The topological polar surface area (TPSA) is 155 Å². The molecule has 0 saturated carbocycles. The van der Waals surface area contributed by atoms with Crippen LogP contribution in [0, 0.1) is 36.8 Å². The van der Waals surface area contributed by atoms with Crippen molar-refractivity contribution in [2.75, 3.05) is 6.54 Å². The van der Waals surface area contributed by atoms with Crippen molar-refractivity contribution >= 4 is 23.6 Å². The van der Waals surface area contributed by atoms with Crippen LogP contribution in [-0.2, 0) is 22.7 Å². The first-order valence-electron chi connectivity index (χ1n) is 13.2. The number of halogens is 5. The minimum atomic E-state index is -5.08. The number of amides is 2. The standard InChI is InChI=1S/C28H25F2N5O4.C2HF3O2/c1-17-11-24(38-16-21-22(29)9-6-10-23(21)30)26-33-18(2)25(35(26)14-17)27(36)34-20(12-31)13-32-28(37)39-15-19-7-4-3-5-8-19;3-2(4,5)1(6)7/h3-11,14,20H,13,15-16H2,1-2H3,(H,32,37)(H,34,36);(H,6,7). The number of rotatable bonds is 9. The van der Waals surface area contributed by atoms with E-state index >= 15 is 0 Å². The number of alkyl carbamates (subject to hydrolysis) is 1. The van der Waals surface area contributed by atoms with Crippen LogP contribution in [0.3, 0.4) is 0 Å². The number of hydrogen-bond acceptors (Lipinski definition) is 7. The van der Waals surface area contributed by atoms with Gasteiger partial charge < -0.3 is 25.2 Å². The third-order valence-corrected chi connectivity index (χ3v) is 6.01. The van der Waals surface area contributed by atoms with E-state index in [1.54, 1.807) is 38.2 Å². The predicted octanol–water partition coefficient (Wildman–Crippen LogP) is 4.99. The number of aryl methyl sites for hydroxylation is 2. The number of nitriles is 1. The summed E-state index contributed by atoms with van der Waals surface area (Å²) >= 11 is 0. The Kier molecular flexibility index (Phi) is 11.6. The lowest BCUT2D eigenvalue weighted by molar-refractivity contribution is -0.192. The minimum absolute atomic E-state index is 0.0601. The molecule has 46 heavy (non-hydrogen) atoms. The van der Waals surface area contributed by atoms with E-state index in [4.69, 9.17) is 19.4 Å². The summed E-state index contributed by atoms with van der Waals surface area (Å²) in [6, 6.07) is 15.2. The molecule has 2 amide bonds. The zero-order chi connectivity index (χ0) is 34.0. The van der Waals surface area contributed by atoms with Gasteiger partial charge in [0.05, 0.1) is 23.9 Å². The highest BCUT2D eigenvalue weighted by Gasteiger charge is 2.38. The molecule has 4 rings (SSSR count). The average molecular weight is 648 g/mol. The molecule has 0 aliphatic heterocycles. The number of nitrogens with zero attached hydrogens (tertiary/aromatic N) is 3. The van der Waals surface area contributed by atoms with Crippen molar-refractivity contribution in [3.63, 3.8) is 0 Å². The molecule has 0 radical (unpaired) electrons. The molecule has 0 bridgehead atoms. The number of carbonyl (C=O) groups excluding carboxylic acids is 2. The van der Waals surface area contributed by atoms with Crippen molar-refractivity contribution < 1.29 is 50.9 Å². The van der Waals surface area contributed by atoms with Crippen LogP contribution in [0.2, 0.25) is 0 Å². The van der Waals surface area contributed by atoms with E-state index in [9.17, 15) is 36.8 Å². The lowest BCUT2D eigenvalue weighted by Gasteiger charge is -2.14. The van der Waals surface area contributed by atoms with E-state index in [0.29, 0.717) is 11.3 Å². The van der Waals surface area contributed by atoms with Crippen LogP contribution >= 0.6 is 0 Å². The van der Waals surface area contributed by atoms with Crippen LogP contribution in [0.1, 0.15) is 32.9 Å². The predicted molar refractivity (Wildman–Crippen MR) is 151 cm³/mol. The van der Waals surface area contributed by atoms with Gasteiger partial charge in [-0.25, -0.2) is 23.4 Å². The van der Waals surface area contributed by atoms with Gasteiger partial charge in [0.1, 0.15) is 36.6 Å². The number of fused-ring (bicyclic) bond motifs is 1. The molecule has 4 aromatic rings. The number of imidazole rings is 1. The number of carbonyl (C=O) groups is 3. The fourth-order valence-electron chi connectivity index (χ4n) is 3.87. The highest BCUT2D eigenvalue weighted by molar-refractivity contribution is 5.95. The lowest BCUT2D eigenvalue weighted by Crippen LogP contribution is -2.43. The number of aliphatic carboxylic acids is 1. The van der Waals surface area contributed by atoms with Gasteiger partial charge in [0, 0.05) is 6.20 Å². The van der Waals surface area contributed by atoms with Gasteiger partial charge in [-0.3, -0.25) is 9.20 Å². The molecule has 3 N–H and O–H groups in total. The first kappa shape index (κ1) is 34.8. The monoisotopic (exact) mass is 647 g/mol. The van der Waals surface area contributed by atoms with Gasteiger partial charge in [0.15, 0.2) is 11.4 Å². The molecule has 0 aliphatic carbocycles. The number of hydrogen-bond donors (Lipinski definition) is 3. The number of nitrogens with one attached hydrogen (secondary N) is 2. The molecule has 1 atom stereocenters. The first-order valence-corrected chi connectivity index (χ1v) is 13.2. The van der Waals surface area contributed by atoms with Gasteiger partial charge in [0.25, 0.3) is 5.91 Å². The molecular weight excluding hydrogens is 621 g/mol. The highest BCUT2D eigenvalue weighted by atomic mass is 19.4. The summed E-state index contributed by atoms with van der Waals surface area (Å²) in [5.41, 5.74) is 2.01. The maximum absolute atomic E-state index is 14.1. The van der Waals surface area contributed by atoms with Crippen molar-refractivity contribution in [1.82, 2.24) is 20.0 Å². The first-order chi connectivity index (χ1) is 21.7. The maximum Gasteiger partial charge on any atom is 0.490 e. The summed E-state index contributed by atoms with van der Waals surface area (Å²) in [4.78, 5) is 38.5. The van der Waals surface area contributed by atoms with Crippen molar-refractivity contribution in [3.05, 3.63) is 101 Å². The maximum atomic E-state index is 14.1. The van der Waals surface area contributed by atoms with E-state index < -0.39 is 41.8 Å². The van der Waals surface area contributed by atoms with Crippen LogP contribution in [0.5, 0.6) is 5.75 Å². The average Bonchev–Trinajstić information content (AvgIpc) is 3.33. The molecule has 0 spiro atoms. The second-order valence-corrected chi connectivity index (χ2v) is 9.51. The Morgan fingerprint density at radius 3 is 2.26 bits per heavy atom. The van der Waals surface area contributed by atoms with Crippen LogP contribution in [0.25, 0.3) is 5.65 Å².